The summed E-state index contributed by atoms with van der Waals surface area (Å²) in [6, 6.07) is 15.0. The molecule has 2 saturated heterocycles. The van der Waals surface area contributed by atoms with Crippen molar-refractivity contribution in [1.29, 1.82) is 0 Å². The summed E-state index contributed by atoms with van der Waals surface area (Å²) in [5, 5.41) is 0. The molecule has 2 heterocycles. The smallest absolute Gasteiger partial charge is 0.248 e. The second-order valence-electron chi connectivity index (χ2n) is 6.91. The van der Waals surface area contributed by atoms with Crippen molar-refractivity contribution in [3.63, 3.8) is 0 Å². The highest BCUT2D eigenvalue weighted by Crippen LogP contribution is 2.43. The number of hydrogen-bond acceptors (Lipinski definition) is 5. The Morgan fingerprint density at radius 3 is 2.52 bits per heavy atom. The molecule has 0 spiro atoms. The molecule has 4 rings (SSSR count). The van der Waals surface area contributed by atoms with Crippen LogP contribution in [0.15, 0.2) is 53.4 Å². The number of ether oxygens (including phenoxy) is 2. The minimum absolute atomic E-state index is 0.145. The van der Waals surface area contributed by atoms with E-state index < -0.39 is 10.0 Å². The molecule has 0 bridgehead atoms. The lowest BCUT2D eigenvalue weighted by Gasteiger charge is -2.29. The molecule has 2 atom stereocenters. The zero-order valence-corrected chi connectivity index (χ0v) is 16.4. The molecule has 7 heteroatoms. The lowest BCUT2D eigenvalue weighted by atomic mass is 10.1. The zero-order chi connectivity index (χ0) is 19.0. The molecule has 0 aromatic heterocycles. The van der Waals surface area contributed by atoms with Crippen molar-refractivity contribution < 1.29 is 17.9 Å². The molecule has 0 radical (unpaired) electrons. The van der Waals surface area contributed by atoms with E-state index in [-0.39, 0.29) is 17.1 Å². The van der Waals surface area contributed by atoms with E-state index in [9.17, 15) is 8.42 Å². The van der Waals surface area contributed by atoms with Gasteiger partial charge in [-0.2, -0.15) is 4.31 Å². The van der Waals surface area contributed by atoms with Crippen LogP contribution in [0.25, 0.3) is 0 Å². The number of hydrogen-bond donors (Lipinski definition) is 0. The molecular weight excluding hydrogens is 364 g/mol. The van der Waals surface area contributed by atoms with E-state index in [1.54, 1.807) is 22.5 Å². The Labute approximate surface area is 160 Å². The third-order valence-corrected chi connectivity index (χ3v) is 7.30. The van der Waals surface area contributed by atoms with Gasteiger partial charge in [0, 0.05) is 25.2 Å². The summed E-state index contributed by atoms with van der Waals surface area (Å²) in [4.78, 5) is 2.45. The van der Waals surface area contributed by atoms with Crippen molar-refractivity contribution in [2.75, 3.05) is 27.3 Å². The number of fused-ring (bicyclic) bond motifs is 1. The fourth-order valence-electron chi connectivity index (χ4n) is 4.17. The van der Waals surface area contributed by atoms with Crippen molar-refractivity contribution in [3.05, 3.63) is 54.1 Å². The summed E-state index contributed by atoms with van der Waals surface area (Å²) >= 11 is 0. The number of nitrogens with zero attached hydrogens (tertiary/aromatic N) is 2. The van der Waals surface area contributed by atoms with Crippen LogP contribution in [0.1, 0.15) is 24.6 Å². The van der Waals surface area contributed by atoms with Crippen LogP contribution in [-0.2, 0) is 10.0 Å². The standard InChI is InChI=1S/C20H24N2O4S/c1-25-17-10-11-18(26-2)19(13-17)27(23,24)22-14-16-9-6-12-21(16)20(22)15-7-4-3-5-8-15/h3-5,7-8,10-11,13,16,20H,6,9,12,14H2,1-2H3. The van der Waals surface area contributed by atoms with Crippen LogP contribution in [0.5, 0.6) is 11.5 Å². The molecule has 0 aliphatic carbocycles. The Hall–Kier alpha value is -2.09. The quantitative estimate of drug-likeness (QED) is 0.788. The van der Waals surface area contributed by atoms with Gasteiger partial charge in [-0.05, 0) is 30.5 Å². The lowest BCUT2D eigenvalue weighted by Crippen LogP contribution is -2.35. The van der Waals surface area contributed by atoms with E-state index in [0.717, 1.165) is 24.9 Å². The summed E-state index contributed by atoms with van der Waals surface area (Å²) in [7, 11) is -0.758. The highest BCUT2D eigenvalue weighted by Gasteiger charge is 2.48. The Kier molecular flexibility index (Phi) is 4.84. The van der Waals surface area contributed by atoms with E-state index in [4.69, 9.17) is 9.47 Å². The molecular formula is C20H24N2O4S. The van der Waals surface area contributed by atoms with Gasteiger partial charge in [0.1, 0.15) is 22.6 Å². The average Bonchev–Trinajstić information content (AvgIpc) is 3.29. The maximum absolute atomic E-state index is 13.7. The Morgan fingerprint density at radius 1 is 1.04 bits per heavy atom. The first-order chi connectivity index (χ1) is 13.1. The van der Waals surface area contributed by atoms with E-state index in [0.29, 0.717) is 18.0 Å². The average molecular weight is 388 g/mol. The summed E-state index contributed by atoms with van der Waals surface area (Å²) in [5.41, 5.74) is 0.993. The van der Waals surface area contributed by atoms with Crippen molar-refractivity contribution in [2.24, 2.45) is 0 Å². The van der Waals surface area contributed by atoms with E-state index in [1.165, 1.54) is 14.2 Å². The number of sulfonamides is 1. The van der Waals surface area contributed by atoms with Gasteiger partial charge in [-0.25, -0.2) is 8.42 Å². The normalized spacial score (nSPS) is 23.3. The van der Waals surface area contributed by atoms with Crippen LogP contribution in [0, 0.1) is 0 Å². The van der Waals surface area contributed by atoms with Crippen LogP contribution in [0.4, 0.5) is 0 Å². The minimum atomic E-state index is -3.77. The molecule has 2 fully saturated rings. The van der Waals surface area contributed by atoms with Gasteiger partial charge in [0.15, 0.2) is 0 Å². The molecule has 0 N–H and O–H groups in total. The van der Waals surface area contributed by atoms with Crippen molar-refractivity contribution in [1.82, 2.24) is 9.21 Å². The lowest BCUT2D eigenvalue weighted by molar-refractivity contribution is 0.198. The van der Waals surface area contributed by atoms with E-state index in [1.807, 2.05) is 30.3 Å². The third kappa shape index (κ3) is 3.09. The molecule has 2 aromatic carbocycles. The Morgan fingerprint density at radius 2 is 1.81 bits per heavy atom. The topological polar surface area (TPSA) is 59.1 Å². The van der Waals surface area contributed by atoms with Crippen LogP contribution in [-0.4, -0.2) is 51.0 Å². The minimum Gasteiger partial charge on any atom is -0.497 e. The third-order valence-electron chi connectivity index (χ3n) is 5.46. The van der Waals surface area contributed by atoms with Crippen molar-refractivity contribution in [2.45, 2.75) is 29.9 Å². The second-order valence-corrected chi connectivity index (χ2v) is 8.77. The van der Waals surface area contributed by atoms with Crippen molar-refractivity contribution >= 4 is 10.0 Å². The van der Waals surface area contributed by atoms with E-state index in [2.05, 4.69) is 4.90 Å². The molecule has 27 heavy (non-hydrogen) atoms. The zero-order valence-electron chi connectivity index (χ0n) is 15.5. The first kappa shape index (κ1) is 18.3. The molecule has 2 aliphatic heterocycles. The monoisotopic (exact) mass is 388 g/mol. The number of benzene rings is 2. The van der Waals surface area contributed by atoms with Crippen LogP contribution >= 0.6 is 0 Å². The molecule has 144 valence electrons. The number of methoxy groups -OCH3 is 2. The molecule has 2 unspecified atom stereocenters. The van der Waals surface area contributed by atoms with Gasteiger partial charge < -0.3 is 9.47 Å². The summed E-state index contributed by atoms with van der Waals surface area (Å²) in [6.07, 6.45) is 1.83. The molecule has 2 aromatic rings. The molecule has 0 amide bonds. The fraction of sp³-hybridized carbons (Fsp3) is 0.400. The van der Waals surface area contributed by atoms with Crippen LogP contribution < -0.4 is 9.47 Å². The maximum Gasteiger partial charge on any atom is 0.248 e. The predicted molar refractivity (Wildman–Crippen MR) is 102 cm³/mol. The van der Waals surface area contributed by atoms with Gasteiger partial charge in [-0.15, -0.1) is 0 Å². The molecule has 2 aliphatic rings. The largest absolute Gasteiger partial charge is 0.497 e. The first-order valence-electron chi connectivity index (χ1n) is 9.11. The summed E-state index contributed by atoms with van der Waals surface area (Å²) in [5.74, 6) is 0.819. The van der Waals surface area contributed by atoms with Gasteiger partial charge in [0.05, 0.1) is 14.2 Å². The molecule has 0 saturated carbocycles. The highest BCUT2D eigenvalue weighted by molar-refractivity contribution is 7.89. The SMILES string of the molecule is COc1ccc(OC)c(S(=O)(=O)N2CC3CCCN3C2c2ccccc2)c1. The van der Waals surface area contributed by atoms with Crippen LogP contribution in [0.3, 0.4) is 0 Å². The van der Waals surface area contributed by atoms with Gasteiger partial charge >= 0.3 is 0 Å². The molecule has 6 nitrogen and oxygen atoms in total. The number of rotatable bonds is 5. The Bertz CT molecular complexity index is 917. The summed E-state index contributed by atoms with van der Waals surface area (Å²) < 4.78 is 39.5. The van der Waals surface area contributed by atoms with E-state index >= 15 is 0 Å². The fourth-order valence-corrected chi connectivity index (χ4v) is 5.97. The second kappa shape index (κ2) is 7.14. The van der Waals surface area contributed by atoms with Gasteiger partial charge in [0.2, 0.25) is 10.0 Å². The van der Waals surface area contributed by atoms with Crippen LogP contribution in [0.2, 0.25) is 0 Å². The highest BCUT2D eigenvalue weighted by atomic mass is 32.2. The van der Waals surface area contributed by atoms with Gasteiger partial charge in [0.25, 0.3) is 0 Å². The summed E-state index contributed by atoms with van der Waals surface area (Å²) in [6.45, 7) is 1.40. The predicted octanol–water partition coefficient (Wildman–Crippen LogP) is 2.87. The Balaban J connectivity index is 1.81. The maximum atomic E-state index is 13.7. The van der Waals surface area contributed by atoms with Gasteiger partial charge in [-0.3, -0.25) is 4.90 Å². The van der Waals surface area contributed by atoms with Crippen molar-refractivity contribution in [3.8, 4) is 11.5 Å². The first-order valence-corrected chi connectivity index (χ1v) is 10.5. The van der Waals surface area contributed by atoms with Gasteiger partial charge in [-0.1, -0.05) is 30.3 Å².